The van der Waals surface area contributed by atoms with E-state index in [2.05, 4.69) is 5.32 Å². The largest absolute Gasteiger partial charge is 0.495 e. The average Bonchev–Trinajstić information content (AvgIpc) is 2.47. The zero-order chi connectivity index (χ0) is 16.2. The fourth-order valence-electron chi connectivity index (χ4n) is 2.52. The first kappa shape index (κ1) is 16.5. The lowest BCUT2D eigenvalue weighted by atomic mass is 10.0. The number of hydrogen-bond donors (Lipinski definition) is 1. The van der Waals surface area contributed by atoms with Gasteiger partial charge in [-0.25, -0.2) is 4.79 Å². The summed E-state index contributed by atoms with van der Waals surface area (Å²) in [5, 5.41) is 3.50. The Hall–Kier alpha value is -1.91. The van der Waals surface area contributed by atoms with Gasteiger partial charge in [-0.2, -0.15) is 0 Å². The zero-order valence-corrected chi connectivity index (χ0v) is 13.9. The normalized spacial score (nSPS) is 16.3. The minimum atomic E-state index is -0.441. The molecule has 0 aliphatic carbocycles. The molecule has 0 unspecified atom stereocenters. The van der Waals surface area contributed by atoms with Crippen LogP contribution < -0.4 is 10.1 Å². The zero-order valence-electron chi connectivity index (χ0n) is 13.9. The summed E-state index contributed by atoms with van der Waals surface area (Å²) in [6.45, 7) is 7.09. The van der Waals surface area contributed by atoms with Crippen molar-refractivity contribution in [3.05, 3.63) is 24.3 Å². The molecule has 1 N–H and O–H groups in total. The van der Waals surface area contributed by atoms with Crippen LogP contribution in [0.1, 0.15) is 33.6 Å². The maximum absolute atomic E-state index is 12.0. The molecule has 0 saturated carbocycles. The summed E-state index contributed by atoms with van der Waals surface area (Å²) in [5.41, 5.74) is 0.560. The van der Waals surface area contributed by atoms with Gasteiger partial charge in [-0.15, -0.1) is 0 Å². The van der Waals surface area contributed by atoms with Crippen LogP contribution in [0.25, 0.3) is 0 Å². The van der Waals surface area contributed by atoms with E-state index in [4.69, 9.17) is 9.47 Å². The first-order chi connectivity index (χ1) is 10.4. The van der Waals surface area contributed by atoms with E-state index in [1.54, 1.807) is 12.0 Å². The van der Waals surface area contributed by atoms with Gasteiger partial charge in [0.15, 0.2) is 0 Å². The molecule has 2 rings (SSSR count). The summed E-state index contributed by atoms with van der Waals surface area (Å²) in [6.07, 6.45) is 1.58. The maximum Gasteiger partial charge on any atom is 0.410 e. The topological polar surface area (TPSA) is 50.8 Å². The van der Waals surface area contributed by atoms with Gasteiger partial charge in [-0.3, -0.25) is 0 Å². The van der Waals surface area contributed by atoms with Crippen molar-refractivity contribution in [2.24, 2.45) is 0 Å². The summed E-state index contributed by atoms with van der Waals surface area (Å²) in [5.74, 6) is 0.845. The first-order valence-electron chi connectivity index (χ1n) is 7.76. The molecule has 1 aromatic rings. The number of carbonyl (C=O) groups is 1. The molecule has 1 amide bonds. The number of carbonyl (C=O) groups excluding carboxylic acids is 1. The standard InChI is InChI=1S/C17H26N2O3/c1-17(2,3)22-16(20)19-11-9-13(10-12-19)18-14-7-5-6-8-15(14)21-4/h5-8,13,18H,9-12H2,1-4H3. The van der Waals surface area contributed by atoms with E-state index < -0.39 is 5.60 Å². The number of likely N-dealkylation sites (tertiary alicyclic amines) is 1. The van der Waals surface area contributed by atoms with Crippen LogP contribution in [0.4, 0.5) is 10.5 Å². The van der Waals surface area contributed by atoms with Crippen LogP contribution in [-0.4, -0.2) is 42.8 Å². The van der Waals surface area contributed by atoms with Gasteiger partial charge in [0.1, 0.15) is 11.4 Å². The SMILES string of the molecule is COc1ccccc1NC1CCN(C(=O)OC(C)(C)C)CC1. The van der Waals surface area contributed by atoms with Gasteiger partial charge in [-0.05, 0) is 45.7 Å². The minimum absolute atomic E-state index is 0.219. The maximum atomic E-state index is 12.0. The second-order valence-corrected chi connectivity index (χ2v) is 6.59. The Kier molecular flexibility index (Phi) is 5.16. The molecule has 1 fully saturated rings. The molecular formula is C17H26N2O3. The number of nitrogens with one attached hydrogen (secondary N) is 1. The molecule has 1 aromatic carbocycles. The second kappa shape index (κ2) is 6.90. The fraction of sp³-hybridized carbons (Fsp3) is 0.588. The molecule has 0 bridgehead atoms. The van der Waals surface area contributed by atoms with Gasteiger partial charge < -0.3 is 19.7 Å². The van der Waals surface area contributed by atoms with E-state index >= 15 is 0 Å². The van der Waals surface area contributed by atoms with Crippen molar-refractivity contribution >= 4 is 11.8 Å². The average molecular weight is 306 g/mol. The lowest BCUT2D eigenvalue weighted by Crippen LogP contribution is -2.44. The van der Waals surface area contributed by atoms with Gasteiger partial charge in [0.05, 0.1) is 12.8 Å². The van der Waals surface area contributed by atoms with Crippen LogP contribution >= 0.6 is 0 Å². The number of amides is 1. The van der Waals surface area contributed by atoms with E-state index in [-0.39, 0.29) is 6.09 Å². The minimum Gasteiger partial charge on any atom is -0.495 e. The Morgan fingerprint density at radius 3 is 2.45 bits per heavy atom. The van der Waals surface area contributed by atoms with Crippen LogP contribution in [0.2, 0.25) is 0 Å². The van der Waals surface area contributed by atoms with Crippen molar-refractivity contribution in [2.45, 2.75) is 45.3 Å². The van der Waals surface area contributed by atoms with E-state index in [0.29, 0.717) is 19.1 Å². The van der Waals surface area contributed by atoms with Crippen LogP contribution in [-0.2, 0) is 4.74 Å². The summed E-state index contributed by atoms with van der Waals surface area (Å²) in [4.78, 5) is 13.8. The van der Waals surface area contributed by atoms with Crippen molar-refractivity contribution in [2.75, 3.05) is 25.5 Å². The van der Waals surface area contributed by atoms with E-state index in [1.165, 1.54) is 0 Å². The summed E-state index contributed by atoms with van der Waals surface area (Å²) < 4.78 is 10.8. The number of piperidine rings is 1. The summed E-state index contributed by atoms with van der Waals surface area (Å²) in [6, 6.07) is 8.24. The molecule has 5 heteroatoms. The predicted octanol–water partition coefficient (Wildman–Crippen LogP) is 3.51. The molecule has 0 atom stereocenters. The molecular weight excluding hydrogens is 280 g/mol. The highest BCUT2D eigenvalue weighted by molar-refractivity contribution is 5.68. The third-order valence-electron chi connectivity index (χ3n) is 3.61. The van der Waals surface area contributed by atoms with Crippen LogP contribution in [0.15, 0.2) is 24.3 Å². The van der Waals surface area contributed by atoms with Crippen LogP contribution in [0.3, 0.4) is 0 Å². The molecule has 1 aliphatic heterocycles. The molecule has 22 heavy (non-hydrogen) atoms. The first-order valence-corrected chi connectivity index (χ1v) is 7.76. The number of rotatable bonds is 3. The Bertz CT molecular complexity index is 503. The quantitative estimate of drug-likeness (QED) is 0.928. The van der Waals surface area contributed by atoms with E-state index in [1.807, 2.05) is 45.0 Å². The molecule has 5 nitrogen and oxygen atoms in total. The molecule has 122 valence electrons. The highest BCUT2D eigenvalue weighted by atomic mass is 16.6. The predicted molar refractivity (Wildman–Crippen MR) is 87.4 cm³/mol. The monoisotopic (exact) mass is 306 g/mol. The highest BCUT2D eigenvalue weighted by Gasteiger charge is 2.27. The van der Waals surface area contributed by atoms with Crippen molar-refractivity contribution in [3.63, 3.8) is 0 Å². The smallest absolute Gasteiger partial charge is 0.410 e. The number of methoxy groups -OCH3 is 1. The number of anilines is 1. The van der Waals surface area contributed by atoms with Crippen molar-refractivity contribution < 1.29 is 14.3 Å². The van der Waals surface area contributed by atoms with E-state index in [0.717, 1.165) is 24.3 Å². The van der Waals surface area contributed by atoms with E-state index in [9.17, 15) is 4.79 Å². The molecule has 0 aromatic heterocycles. The summed E-state index contributed by atoms with van der Waals surface area (Å²) in [7, 11) is 1.67. The Labute approximate surface area is 132 Å². The molecule has 1 saturated heterocycles. The van der Waals surface area contributed by atoms with Gasteiger partial charge in [0.2, 0.25) is 0 Å². The number of ether oxygens (including phenoxy) is 2. The fourth-order valence-corrected chi connectivity index (χ4v) is 2.52. The lowest BCUT2D eigenvalue weighted by molar-refractivity contribution is 0.0210. The van der Waals surface area contributed by atoms with Crippen molar-refractivity contribution in [1.82, 2.24) is 4.90 Å². The number of benzene rings is 1. The molecule has 1 aliphatic rings. The third-order valence-corrected chi connectivity index (χ3v) is 3.61. The summed E-state index contributed by atoms with van der Waals surface area (Å²) >= 11 is 0. The third kappa shape index (κ3) is 4.55. The van der Waals surface area contributed by atoms with Crippen LogP contribution in [0, 0.1) is 0 Å². The Morgan fingerprint density at radius 2 is 1.86 bits per heavy atom. The van der Waals surface area contributed by atoms with Crippen molar-refractivity contribution in [3.8, 4) is 5.75 Å². The van der Waals surface area contributed by atoms with Crippen molar-refractivity contribution in [1.29, 1.82) is 0 Å². The number of nitrogens with zero attached hydrogens (tertiary/aromatic N) is 1. The highest BCUT2D eigenvalue weighted by Crippen LogP contribution is 2.26. The molecule has 0 radical (unpaired) electrons. The van der Waals surface area contributed by atoms with Gasteiger partial charge in [0.25, 0.3) is 0 Å². The lowest BCUT2D eigenvalue weighted by Gasteiger charge is -2.34. The number of hydrogen-bond acceptors (Lipinski definition) is 4. The second-order valence-electron chi connectivity index (χ2n) is 6.59. The van der Waals surface area contributed by atoms with Crippen LogP contribution in [0.5, 0.6) is 5.75 Å². The Morgan fingerprint density at radius 1 is 1.23 bits per heavy atom. The van der Waals surface area contributed by atoms with Gasteiger partial charge >= 0.3 is 6.09 Å². The Balaban J connectivity index is 1.86. The molecule has 0 spiro atoms. The molecule has 1 heterocycles. The van der Waals surface area contributed by atoms with Gasteiger partial charge in [0, 0.05) is 19.1 Å². The van der Waals surface area contributed by atoms with Gasteiger partial charge in [-0.1, -0.05) is 12.1 Å². The number of para-hydroxylation sites is 2.